The molecule has 0 saturated heterocycles. The van der Waals surface area contributed by atoms with Crippen LogP contribution in [0, 0.1) is 12.7 Å². The van der Waals surface area contributed by atoms with Crippen LogP contribution < -0.4 is 15.8 Å². The number of halogens is 1. The Morgan fingerprint density at radius 2 is 1.97 bits per heavy atom. The van der Waals surface area contributed by atoms with Crippen LogP contribution in [0.5, 0.6) is 5.75 Å². The largest absolute Gasteiger partial charge is 0.502 e. The number of pyridine rings is 1. The van der Waals surface area contributed by atoms with E-state index in [9.17, 15) is 19.1 Å². The van der Waals surface area contributed by atoms with Gasteiger partial charge >= 0.3 is 0 Å². The monoisotopic (exact) mass is 423 g/mol. The summed E-state index contributed by atoms with van der Waals surface area (Å²) in [5, 5.41) is 15.1. The van der Waals surface area contributed by atoms with E-state index < -0.39 is 17.1 Å². The van der Waals surface area contributed by atoms with E-state index in [0.717, 1.165) is 21.6 Å². The van der Waals surface area contributed by atoms with Crippen molar-refractivity contribution in [3.05, 3.63) is 92.6 Å². The van der Waals surface area contributed by atoms with Crippen molar-refractivity contribution in [2.45, 2.75) is 23.6 Å². The third-order valence-electron chi connectivity index (χ3n) is 5.53. The fourth-order valence-corrected chi connectivity index (χ4v) is 5.18. The van der Waals surface area contributed by atoms with Crippen molar-refractivity contribution in [2.75, 3.05) is 11.7 Å². The van der Waals surface area contributed by atoms with E-state index in [0.29, 0.717) is 11.3 Å². The van der Waals surface area contributed by atoms with Gasteiger partial charge in [0, 0.05) is 22.4 Å². The van der Waals surface area contributed by atoms with Crippen molar-refractivity contribution < 1.29 is 14.3 Å². The summed E-state index contributed by atoms with van der Waals surface area (Å²) in [6, 6.07) is 12.3. The molecule has 6 nitrogen and oxygen atoms in total. The average molecular weight is 423 g/mol. The summed E-state index contributed by atoms with van der Waals surface area (Å²) in [7, 11) is 0. The van der Waals surface area contributed by atoms with Crippen LogP contribution in [0.25, 0.3) is 0 Å². The minimum absolute atomic E-state index is 0.102. The fourth-order valence-electron chi connectivity index (χ4n) is 4.10. The molecule has 1 aromatic heterocycles. The Morgan fingerprint density at radius 1 is 1.17 bits per heavy atom. The van der Waals surface area contributed by atoms with Crippen LogP contribution in [0.15, 0.2) is 58.4 Å². The number of hydrogen-bond donors (Lipinski definition) is 2. The Hall–Kier alpha value is -3.26. The average Bonchev–Trinajstić information content (AvgIpc) is 2.89. The summed E-state index contributed by atoms with van der Waals surface area (Å²) in [5.41, 5.74) is 2.43. The van der Waals surface area contributed by atoms with E-state index in [1.165, 1.54) is 6.07 Å². The van der Waals surface area contributed by atoms with Crippen LogP contribution in [0.3, 0.4) is 0 Å². The molecule has 0 fully saturated rings. The van der Waals surface area contributed by atoms with Gasteiger partial charge in [0.2, 0.25) is 5.43 Å². The third-order valence-corrected chi connectivity index (χ3v) is 6.67. The van der Waals surface area contributed by atoms with E-state index in [4.69, 9.17) is 0 Å². The highest BCUT2D eigenvalue weighted by Crippen LogP contribution is 2.42. The normalized spacial score (nSPS) is 17.5. The lowest BCUT2D eigenvalue weighted by molar-refractivity contribution is 0.0915. The molecule has 30 heavy (non-hydrogen) atoms. The summed E-state index contributed by atoms with van der Waals surface area (Å²) in [5.74, 6) is -0.782. The molecule has 1 atom stereocenters. The second-order valence-electron chi connectivity index (χ2n) is 7.36. The molecule has 0 bridgehead atoms. The molecule has 3 heterocycles. The molecule has 1 amide bonds. The molecule has 5 rings (SSSR count). The highest BCUT2D eigenvalue weighted by molar-refractivity contribution is 7.98. The maximum atomic E-state index is 14.0. The first kappa shape index (κ1) is 18.7. The van der Waals surface area contributed by atoms with Crippen LogP contribution in [-0.2, 0) is 5.75 Å². The van der Waals surface area contributed by atoms with Crippen LogP contribution in [-0.4, -0.2) is 22.4 Å². The van der Waals surface area contributed by atoms with Crippen molar-refractivity contribution >= 4 is 17.7 Å². The van der Waals surface area contributed by atoms with Gasteiger partial charge in [0.05, 0.1) is 6.04 Å². The van der Waals surface area contributed by atoms with Gasteiger partial charge in [0.15, 0.2) is 11.4 Å². The summed E-state index contributed by atoms with van der Waals surface area (Å²) in [4.78, 5) is 25.8. The number of thioether (sulfide) groups is 1. The van der Waals surface area contributed by atoms with Crippen molar-refractivity contribution in [1.82, 2.24) is 9.99 Å². The fraction of sp³-hybridized carbons (Fsp3) is 0.182. The molecule has 0 aliphatic carbocycles. The number of rotatable bonds is 1. The molecule has 0 radical (unpaired) electrons. The molecule has 2 aromatic carbocycles. The molecule has 3 aromatic rings. The zero-order valence-corrected chi connectivity index (χ0v) is 16.9. The van der Waals surface area contributed by atoms with Gasteiger partial charge in [-0.3, -0.25) is 19.3 Å². The summed E-state index contributed by atoms with van der Waals surface area (Å²) in [6.45, 7) is 1.76. The Bertz CT molecular complexity index is 1260. The second kappa shape index (κ2) is 6.91. The number of nitrogens with one attached hydrogen (secondary N) is 1. The Kier molecular flexibility index (Phi) is 4.32. The molecule has 0 spiro atoms. The quantitative estimate of drug-likeness (QED) is 0.629. The number of benzene rings is 2. The third kappa shape index (κ3) is 2.79. The van der Waals surface area contributed by atoms with Crippen LogP contribution in [0.1, 0.15) is 38.8 Å². The zero-order chi connectivity index (χ0) is 21.0. The highest BCUT2D eigenvalue weighted by Gasteiger charge is 2.35. The smallest absolute Gasteiger partial charge is 0.275 e. The van der Waals surface area contributed by atoms with Gasteiger partial charge in [-0.05, 0) is 41.8 Å². The molecular formula is C22H18FN3O3S. The van der Waals surface area contributed by atoms with Crippen LogP contribution >= 0.6 is 11.8 Å². The van der Waals surface area contributed by atoms with Crippen molar-refractivity contribution in [1.29, 1.82) is 0 Å². The zero-order valence-electron chi connectivity index (χ0n) is 16.1. The summed E-state index contributed by atoms with van der Waals surface area (Å²) >= 11 is 1.63. The van der Waals surface area contributed by atoms with Crippen molar-refractivity contribution in [3.63, 3.8) is 0 Å². The molecular weight excluding hydrogens is 405 g/mol. The number of carbonyl (C=O) groups is 1. The predicted molar refractivity (Wildman–Crippen MR) is 112 cm³/mol. The number of aryl methyl sites for hydroxylation is 1. The van der Waals surface area contributed by atoms with Crippen LogP contribution in [0.4, 0.5) is 4.39 Å². The highest BCUT2D eigenvalue weighted by atomic mass is 32.2. The van der Waals surface area contributed by atoms with E-state index in [1.54, 1.807) is 41.7 Å². The number of aromatic nitrogens is 1. The molecule has 2 aliphatic heterocycles. The Balaban J connectivity index is 1.79. The lowest BCUT2D eigenvalue weighted by Gasteiger charge is -2.40. The number of hydrogen-bond acceptors (Lipinski definition) is 5. The molecule has 2 N–H and O–H groups in total. The van der Waals surface area contributed by atoms with E-state index >= 15 is 0 Å². The molecule has 8 heteroatoms. The van der Waals surface area contributed by atoms with Gasteiger partial charge in [-0.1, -0.05) is 24.3 Å². The number of amides is 1. The van der Waals surface area contributed by atoms with Gasteiger partial charge in [0.1, 0.15) is 12.5 Å². The number of nitrogens with zero attached hydrogens (tertiary/aromatic N) is 2. The van der Waals surface area contributed by atoms with Gasteiger partial charge in [0.25, 0.3) is 5.91 Å². The van der Waals surface area contributed by atoms with Gasteiger partial charge in [-0.2, -0.15) is 0 Å². The van der Waals surface area contributed by atoms with Gasteiger partial charge in [-0.25, -0.2) is 4.39 Å². The van der Waals surface area contributed by atoms with Crippen LogP contribution in [0.2, 0.25) is 0 Å². The lowest BCUT2D eigenvalue weighted by atomic mass is 9.94. The molecule has 2 aliphatic rings. The molecule has 0 saturated carbocycles. The van der Waals surface area contributed by atoms with Gasteiger partial charge in [-0.15, -0.1) is 11.8 Å². The summed E-state index contributed by atoms with van der Waals surface area (Å²) in [6.07, 6.45) is 1.57. The van der Waals surface area contributed by atoms with Crippen molar-refractivity contribution in [3.8, 4) is 5.75 Å². The maximum Gasteiger partial charge on any atom is 0.275 e. The van der Waals surface area contributed by atoms with E-state index in [-0.39, 0.29) is 24.2 Å². The van der Waals surface area contributed by atoms with E-state index in [1.807, 2.05) is 29.3 Å². The van der Waals surface area contributed by atoms with E-state index in [2.05, 4.69) is 5.32 Å². The standard InChI is InChI=1S/C22H18FN3O3S/c1-12-9-25-19(21(28)20(12)27)22(29)24-11-26(25)18-15-7-6-14(23)8-13(15)10-30-17-5-3-2-4-16(17)18/h2-9,18,28H,10-11H2,1H3,(H,24,29)/t18-/m0/s1. The number of fused-ring (bicyclic) bond motifs is 3. The Labute approximate surface area is 175 Å². The molecule has 0 unspecified atom stereocenters. The van der Waals surface area contributed by atoms with Crippen molar-refractivity contribution in [2.24, 2.45) is 0 Å². The maximum absolute atomic E-state index is 14.0. The minimum Gasteiger partial charge on any atom is -0.502 e. The SMILES string of the molecule is Cc1cn2c(c(O)c1=O)C(=O)NCN2[C@H]1c2ccc(F)cc2CSc2ccccc21. The lowest BCUT2D eigenvalue weighted by Crippen LogP contribution is -2.54. The minimum atomic E-state index is -0.576. The summed E-state index contributed by atoms with van der Waals surface area (Å²) < 4.78 is 15.6. The number of aromatic hydroxyl groups is 1. The topological polar surface area (TPSA) is 74.6 Å². The first-order chi connectivity index (χ1) is 14.5. The Morgan fingerprint density at radius 3 is 2.80 bits per heavy atom. The second-order valence-corrected chi connectivity index (χ2v) is 8.38. The first-order valence-electron chi connectivity index (χ1n) is 9.46. The first-order valence-corrected chi connectivity index (χ1v) is 10.4. The van der Waals surface area contributed by atoms with Gasteiger partial charge < -0.3 is 10.4 Å². The number of carbonyl (C=O) groups excluding carboxylic acids is 1. The molecule has 152 valence electrons. The predicted octanol–water partition coefficient (Wildman–Crippen LogP) is 3.04.